The van der Waals surface area contributed by atoms with E-state index in [4.69, 9.17) is 0 Å². The largest absolute Gasteiger partial charge is 0.356 e. The Morgan fingerprint density at radius 1 is 1.27 bits per heavy atom. The molecule has 3 rings (SSSR count). The third-order valence-electron chi connectivity index (χ3n) is 4.01. The van der Waals surface area contributed by atoms with Gasteiger partial charge >= 0.3 is 0 Å². The molecule has 1 amide bonds. The third kappa shape index (κ3) is 3.27. The minimum absolute atomic E-state index is 0.0192. The minimum Gasteiger partial charge on any atom is -0.356 e. The van der Waals surface area contributed by atoms with Crippen LogP contribution in [0.25, 0.3) is 10.9 Å². The van der Waals surface area contributed by atoms with Crippen molar-refractivity contribution in [1.82, 2.24) is 10.3 Å². The summed E-state index contributed by atoms with van der Waals surface area (Å²) in [5.74, 6) is -0.447. The van der Waals surface area contributed by atoms with Gasteiger partial charge in [-0.3, -0.25) is 9.78 Å². The molecule has 1 atom stereocenters. The summed E-state index contributed by atoms with van der Waals surface area (Å²) >= 11 is 0. The number of fused-ring (bicyclic) bond motifs is 1. The third-order valence-corrected chi connectivity index (χ3v) is 5.78. The molecule has 1 fully saturated rings. The Morgan fingerprint density at radius 2 is 2.09 bits per heavy atom. The molecule has 22 heavy (non-hydrogen) atoms. The van der Waals surface area contributed by atoms with Gasteiger partial charge in [0.25, 0.3) is 0 Å². The first-order chi connectivity index (χ1) is 10.6. The number of aromatic nitrogens is 1. The van der Waals surface area contributed by atoms with Crippen molar-refractivity contribution in [2.75, 3.05) is 18.1 Å². The van der Waals surface area contributed by atoms with E-state index < -0.39 is 15.8 Å². The smallest absolute Gasteiger partial charge is 0.224 e. The van der Waals surface area contributed by atoms with Crippen molar-refractivity contribution >= 4 is 26.6 Å². The molecule has 6 heteroatoms. The van der Waals surface area contributed by atoms with Crippen LogP contribution in [0.5, 0.6) is 0 Å². The van der Waals surface area contributed by atoms with E-state index in [0.717, 1.165) is 16.5 Å². The van der Waals surface area contributed by atoms with Gasteiger partial charge in [-0.05, 0) is 24.5 Å². The normalized spacial score (nSPS) is 20.1. The zero-order valence-electron chi connectivity index (χ0n) is 12.2. The number of benzene rings is 1. The summed E-state index contributed by atoms with van der Waals surface area (Å²) in [7, 11) is -3.02. The van der Waals surface area contributed by atoms with Gasteiger partial charge in [0, 0.05) is 18.1 Å². The van der Waals surface area contributed by atoms with Crippen LogP contribution >= 0.6 is 0 Å². The number of carbonyl (C=O) groups is 1. The maximum absolute atomic E-state index is 12.0. The summed E-state index contributed by atoms with van der Waals surface area (Å²) in [6, 6.07) is 9.89. The summed E-state index contributed by atoms with van der Waals surface area (Å²) in [6.07, 6.45) is 2.87. The second-order valence-electron chi connectivity index (χ2n) is 5.63. The minimum atomic E-state index is -3.02. The second-order valence-corrected chi connectivity index (χ2v) is 7.86. The zero-order chi connectivity index (χ0) is 15.6. The number of pyridine rings is 1. The van der Waals surface area contributed by atoms with Crippen LogP contribution in [0.4, 0.5) is 0 Å². The van der Waals surface area contributed by atoms with Gasteiger partial charge in [-0.15, -0.1) is 0 Å². The van der Waals surface area contributed by atoms with Crippen molar-refractivity contribution < 1.29 is 13.2 Å². The first-order valence-electron chi connectivity index (χ1n) is 7.36. The average molecular weight is 318 g/mol. The molecular formula is C16H18N2O3S. The molecule has 1 unspecified atom stereocenters. The summed E-state index contributed by atoms with van der Waals surface area (Å²) in [4.78, 5) is 16.4. The van der Waals surface area contributed by atoms with Crippen LogP contribution in [0, 0.1) is 5.92 Å². The van der Waals surface area contributed by atoms with Crippen molar-refractivity contribution in [2.24, 2.45) is 5.92 Å². The highest BCUT2D eigenvalue weighted by Gasteiger charge is 2.32. The number of rotatable bonds is 4. The maximum Gasteiger partial charge on any atom is 0.224 e. The van der Waals surface area contributed by atoms with Crippen molar-refractivity contribution in [3.63, 3.8) is 0 Å². The second kappa shape index (κ2) is 6.04. The van der Waals surface area contributed by atoms with E-state index in [9.17, 15) is 13.2 Å². The molecule has 2 heterocycles. The number of sulfone groups is 1. The lowest BCUT2D eigenvalue weighted by molar-refractivity contribution is -0.124. The van der Waals surface area contributed by atoms with Crippen LogP contribution in [-0.4, -0.2) is 37.4 Å². The molecule has 0 aliphatic carbocycles. The van der Waals surface area contributed by atoms with Gasteiger partial charge < -0.3 is 5.32 Å². The standard InChI is InChI=1S/C16H18N2O3S/c19-16(14-7-10-22(20,21)11-14)18-9-6-13-4-1-3-12-5-2-8-17-15(12)13/h1-5,8,14H,6-7,9-11H2,(H,18,19). The number of para-hydroxylation sites is 1. The van der Waals surface area contributed by atoms with Crippen LogP contribution in [0.1, 0.15) is 12.0 Å². The number of nitrogens with zero attached hydrogens (tertiary/aromatic N) is 1. The number of hydrogen-bond donors (Lipinski definition) is 1. The maximum atomic E-state index is 12.0. The van der Waals surface area contributed by atoms with Crippen molar-refractivity contribution in [3.8, 4) is 0 Å². The number of amides is 1. The van der Waals surface area contributed by atoms with Crippen molar-refractivity contribution in [2.45, 2.75) is 12.8 Å². The zero-order valence-corrected chi connectivity index (χ0v) is 13.0. The Bertz CT molecular complexity index is 797. The summed E-state index contributed by atoms with van der Waals surface area (Å²) in [5, 5.41) is 3.92. The summed E-state index contributed by atoms with van der Waals surface area (Å²) in [5.41, 5.74) is 2.03. The van der Waals surface area contributed by atoms with Gasteiger partial charge in [-0.2, -0.15) is 0 Å². The fourth-order valence-electron chi connectivity index (χ4n) is 2.84. The van der Waals surface area contributed by atoms with Crippen LogP contribution in [0.2, 0.25) is 0 Å². The molecule has 1 aromatic carbocycles. The van der Waals surface area contributed by atoms with E-state index in [0.29, 0.717) is 19.4 Å². The molecule has 1 aliphatic rings. The van der Waals surface area contributed by atoms with Crippen molar-refractivity contribution in [3.05, 3.63) is 42.1 Å². The number of hydrogen-bond acceptors (Lipinski definition) is 4. The quantitative estimate of drug-likeness (QED) is 0.922. The van der Waals surface area contributed by atoms with Crippen LogP contribution < -0.4 is 5.32 Å². The fraction of sp³-hybridized carbons (Fsp3) is 0.375. The summed E-state index contributed by atoms with van der Waals surface area (Å²) in [6.45, 7) is 0.491. The lowest BCUT2D eigenvalue weighted by Crippen LogP contribution is -2.32. The van der Waals surface area contributed by atoms with E-state index in [1.807, 2.05) is 30.3 Å². The van der Waals surface area contributed by atoms with Crippen molar-refractivity contribution in [1.29, 1.82) is 0 Å². The van der Waals surface area contributed by atoms with Gasteiger partial charge in [0.2, 0.25) is 5.91 Å². The highest BCUT2D eigenvalue weighted by Crippen LogP contribution is 2.19. The fourth-order valence-corrected chi connectivity index (χ4v) is 4.58. The van der Waals surface area contributed by atoms with Gasteiger partial charge in [-0.1, -0.05) is 24.3 Å². The Kier molecular flexibility index (Phi) is 4.11. The highest BCUT2D eigenvalue weighted by molar-refractivity contribution is 7.91. The Labute approximate surface area is 129 Å². The number of nitrogens with one attached hydrogen (secondary N) is 1. The average Bonchev–Trinajstić information content (AvgIpc) is 2.88. The lowest BCUT2D eigenvalue weighted by atomic mass is 10.1. The van der Waals surface area contributed by atoms with E-state index in [1.54, 1.807) is 6.20 Å². The van der Waals surface area contributed by atoms with Gasteiger partial charge in [-0.25, -0.2) is 8.42 Å². The molecule has 0 saturated carbocycles. The van der Waals surface area contributed by atoms with E-state index in [-0.39, 0.29) is 17.4 Å². The molecule has 1 N–H and O–H groups in total. The predicted molar refractivity (Wildman–Crippen MR) is 85.2 cm³/mol. The Hall–Kier alpha value is -1.95. The molecule has 1 saturated heterocycles. The lowest BCUT2D eigenvalue weighted by Gasteiger charge is -2.10. The molecule has 2 aromatic rings. The first-order valence-corrected chi connectivity index (χ1v) is 9.18. The van der Waals surface area contributed by atoms with Crippen LogP contribution in [-0.2, 0) is 21.1 Å². The SMILES string of the molecule is O=C(NCCc1cccc2cccnc12)C1CCS(=O)(=O)C1. The van der Waals surface area contributed by atoms with E-state index in [2.05, 4.69) is 10.3 Å². The monoisotopic (exact) mass is 318 g/mol. The first kappa shape index (κ1) is 15.0. The van der Waals surface area contributed by atoms with E-state index >= 15 is 0 Å². The molecule has 116 valence electrons. The molecular weight excluding hydrogens is 300 g/mol. The molecule has 1 aromatic heterocycles. The summed E-state index contributed by atoms with van der Waals surface area (Å²) < 4.78 is 22.8. The molecule has 1 aliphatic heterocycles. The van der Waals surface area contributed by atoms with E-state index in [1.165, 1.54) is 0 Å². The topological polar surface area (TPSA) is 76.1 Å². The molecule has 0 spiro atoms. The van der Waals surface area contributed by atoms with Crippen LogP contribution in [0.15, 0.2) is 36.5 Å². The molecule has 0 bridgehead atoms. The van der Waals surface area contributed by atoms with Gasteiger partial charge in [0.1, 0.15) is 0 Å². The molecule has 5 nitrogen and oxygen atoms in total. The highest BCUT2D eigenvalue weighted by atomic mass is 32.2. The van der Waals surface area contributed by atoms with Gasteiger partial charge in [0.15, 0.2) is 9.84 Å². The van der Waals surface area contributed by atoms with Gasteiger partial charge in [0.05, 0.1) is 22.9 Å². The molecule has 0 radical (unpaired) electrons. The Balaban J connectivity index is 1.60. The van der Waals surface area contributed by atoms with Crippen LogP contribution in [0.3, 0.4) is 0 Å². The predicted octanol–water partition coefficient (Wildman–Crippen LogP) is 1.33. The number of carbonyl (C=O) groups excluding carboxylic acids is 1. The Morgan fingerprint density at radius 3 is 2.86 bits per heavy atom.